The molecule has 3 heteroatoms. The second kappa shape index (κ2) is 6.39. The fourth-order valence-electron chi connectivity index (χ4n) is 3.14. The molecular weight excluding hydrogens is 212 g/mol. The maximum atomic E-state index is 12.1. The minimum atomic E-state index is 0.365. The van der Waals surface area contributed by atoms with Gasteiger partial charge in [0, 0.05) is 19.5 Å². The van der Waals surface area contributed by atoms with E-state index in [0.29, 0.717) is 11.9 Å². The summed E-state index contributed by atoms with van der Waals surface area (Å²) in [6.45, 7) is 2.25. The van der Waals surface area contributed by atoms with Crippen LogP contribution in [0.25, 0.3) is 0 Å². The Bertz CT molecular complexity index is 243. The van der Waals surface area contributed by atoms with Gasteiger partial charge in [-0.2, -0.15) is 0 Å². The van der Waals surface area contributed by atoms with Crippen molar-refractivity contribution in [3.05, 3.63) is 0 Å². The summed E-state index contributed by atoms with van der Waals surface area (Å²) in [5, 5.41) is 3.36. The van der Waals surface area contributed by atoms with E-state index in [9.17, 15) is 4.79 Å². The van der Waals surface area contributed by atoms with Crippen molar-refractivity contribution in [3.8, 4) is 0 Å². The predicted octanol–water partition coefficient (Wildman–Crippen LogP) is 2.17. The van der Waals surface area contributed by atoms with Gasteiger partial charge in [-0.1, -0.05) is 19.3 Å². The minimum Gasteiger partial charge on any atom is -0.343 e. The monoisotopic (exact) mass is 238 g/mol. The van der Waals surface area contributed by atoms with Gasteiger partial charge in [0.15, 0.2) is 0 Å². The predicted molar refractivity (Wildman–Crippen MR) is 69.9 cm³/mol. The molecule has 98 valence electrons. The number of nitrogens with one attached hydrogen (secondary N) is 1. The lowest BCUT2D eigenvalue weighted by Crippen LogP contribution is -2.38. The normalized spacial score (nSPS) is 26.1. The van der Waals surface area contributed by atoms with Gasteiger partial charge in [0.1, 0.15) is 0 Å². The molecule has 1 heterocycles. The molecule has 0 aromatic rings. The number of carbonyl (C=O) groups is 1. The van der Waals surface area contributed by atoms with Crippen molar-refractivity contribution in [1.29, 1.82) is 0 Å². The first-order valence-electron chi connectivity index (χ1n) is 7.24. The lowest BCUT2D eigenvalue weighted by molar-refractivity contribution is -0.132. The number of amides is 1. The zero-order chi connectivity index (χ0) is 12.1. The summed E-state index contributed by atoms with van der Waals surface area (Å²) in [6, 6.07) is 0.526. The zero-order valence-corrected chi connectivity index (χ0v) is 11.1. The van der Waals surface area contributed by atoms with Crippen LogP contribution in [0.5, 0.6) is 0 Å². The summed E-state index contributed by atoms with van der Waals surface area (Å²) in [5.41, 5.74) is 0. The molecule has 0 bridgehead atoms. The average molecular weight is 238 g/mol. The first-order chi connectivity index (χ1) is 8.27. The van der Waals surface area contributed by atoms with Gasteiger partial charge in [0.2, 0.25) is 5.91 Å². The van der Waals surface area contributed by atoms with Crippen molar-refractivity contribution in [2.75, 3.05) is 20.1 Å². The summed E-state index contributed by atoms with van der Waals surface area (Å²) >= 11 is 0. The summed E-state index contributed by atoms with van der Waals surface area (Å²) in [7, 11) is 2.01. The highest BCUT2D eigenvalue weighted by atomic mass is 16.2. The summed E-state index contributed by atoms with van der Waals surface area (Å²) in [6.07, 6.45) is 9.46. The Morgan fingerprint density at radius 2 is 2.00 bits per heavy atom. The zero-order valence-electron chi connectivity index (χ0n) is 11.1. The fourth-order valence-corrected chi connectivity index (χ4v) is 3.14. The number of nitrogens with zero attached hydrogens (tertiary/aromatic N) is 1. The molecule has 1 amide bonds. The van der Waals surface area contributed by atoms with Crippen LogP contribution in [0.1, 0.15) is 51.4 Å². The van der Waals surface area contributed by atoms with Crippen molar-refractivity contribution < 1.29 is 4.79 Å². The number of hydrogen-bond acceptors (Lipinski definition) is 2. The van der Waals surface area contributed by atoms with E-state index in [1.54, 1.807) is 0 Å². The molecule has 0 radical (unpaired) electrons. The van der Waals surface area contributed by atoms with Crippen LogP contribution >= 0.6 is 0 Å². The largest absolute Gasteiger partial charge is 0.343 e. The maximum Gasteiger partial charge on any atom is 0.222 e. The van der Waals surface area contributed by atoms with Gasteiger partial charge < -0.3 is 10.2 Å². The molecule has 1 saturated carbocycles. The molecule has 0 aromatic heterocycles. The van der Waals surface area contributed by atoms with Crippen molar-refractivity contribution in [1.82, 2.24) is 10.2 Å². The van der Waals surface area contributed by atoms with E-state index in [0.717, 1.165) is 31.8 Å². The Kier molecular flexibility index (Phi) is 4.84. The number of hydrogen-bond donors (Lipinski definition) is 1. The second-order valence-corrected chi connectivity index (χ2v) is 5.69. The summed E-state index contributed by atoms with van der Waals surface area (Å²) < 4.78 is 0. The van der Waals surface area contributed by atoms with E-state index in [1.807, 2.05) is 11.9 Å². The van der Waals surface area contributed by atoms with Crippen LogP contribution in [-0.4, -0.2) is 37.0 Å². The van der Waals surface area contributed by atoms with Crippen LogP contribution < -0.4 is 5.32 Å². The van der Waals surface area contributed by atoms with Gasteiger partial charge in [-0.05, 0) is 44.7 Å². The molecule has 1 N–H and O–H groups in total. The highest BCUT2D eigenvalue weighted by molar-refractivity contribution is 5.76. The molecule has 2 aliphatic rings. The molecule has 1 aliphatic carbocycles. The van der Waals surface area contributed by atoms with Crippen LogP contribution in [0.3, 0.4) is 0 Å². The van der Waals surface area contributed by atoms with Crippen molar-refractivity contribution in [3.63, 3.8) is 0 Å². The van der Waals surface area contributed by atoms with Crippen LogP contribution in [0, 0.1) is 5.92 Å². The molecular formula is C14H26N2O. The molecule has 2 rings (SSSR count). The molecule has 0 aromatic carbocycles. The van der Waals surface area contributed by atoms with Crippen molar-refractivity contribution in [2.45, 2.75) is 57.4 Å². The molecule has 3 nitrogen and oxygen atoms in total. The highest BCUT2D eigenvalue weighted by Gasteiger charge is 2.23. The Morgan fingerprint density at radius 3 is 2.65 bits per heavy atom. The van der Waals surface area contributed by atoms with Crippen LogP contribution in [0.2, 0.25) is 0 Å². The standard InChI is InChI=1S/C14H26N2O/c1-16(13-5-3-2-4-6-13)14(17)8-7-12-9-10-15-11-12/h12-13,15H,2-11H2,1H3. The molecule has 1 unspecified atom stereocenters. The van der Waals surface area contributed by atoms with Gasteiger partial charge in [0.05, 0.1) is 0 Å². The van der Waals surface area contributed by atoms with Gasteiger partial charge in [-0.25, -0.2) is 0 Å². The third kappa shape index (κ3) is 3.70. The van der Waals surface area contributed by atoms with Gasteiger partial charge >= 0.3 is 0 Å². The minimum absolute atomic E-state index is 0.365. The topological polar surface area (TPSA) is 32.3 Å². The molecule has 2 fully saturated rings. The SMILES string of the molecule is CN(C(=O)CCC1CCNC1)C1CCCCC1. The first kappa shape index (κ1) is 12.9. The van der Waals surface area contributed by atoms with Crippen LogP contribution in [0.4, 0.5) is 0 Å². The quantitative estimate of drug-likeness (QED) is 0.814. The van der Waals surface area contributed by atoms with E-state index in [2.05, 4.69) is 5.32 Å². The fraction of sp³-hybridized carbons (Fsp3) is 0.929. The van der Waals surface area contributed by atoms with E-state index >= 15 is 0 Å². The van der Waals surface area contributed by atoms with E-state index in [1.165, 1.54) is 38.5 Å². The third-order valence-electron chi connectivity index (χ3n) is 4.44. The Hall–Kier alpha value is -0.570. The Balaban J connectivity index is 1.70. The van der Waals surface area contributed by atoms with E-state index in [-0.39, 0.29) is 0 Å². The van der Waals surface area contributed by atoms with Crippen LogP contribution in [-0.2, 0) is 4.79 Å². The highest BCUT2D eigenvalue weighted by Crippen LogP contribution is 2.23. The van der Waals surface area contributed by atoms with Crippen molar-refractivity contribution >= 4 is 5.91 Å². The number of carbonyl (C=O) groups excluding carboxylic acids is 1. The summed E-state index contributed by atoms with van der Waals surface area (Å²) in [4.78, 5) is 14.1. The van der Waals surface area contributed by atoms with E-state index in [4.69, 9.17) is 0 Å². The van der Waals surface area contributed by atoms with Gasteiger partial charge in [0.25, 0.3) is 0 Å². The molecule has 1 aliphatic heterocycles. The van der Waals surface area contributed by atoms with Crippen LogP contribution in [0.15, 0.2) is 0 Å². The third-order valence-corrected chi connectivity index (χ3v) is 4.44. The molecule has 17 heavy (non-hydrogen) atoms. The Morgan fingerprint density at radius 1 is 1.24 bits per heavy atom. The van der Waals surface area contributed by atoms with E-state index < -0.39 is 0 Å². The lowest BCUT2D eigenvalue weighted by atomic mass is 9.94. The lowest BCUT2D eigenvalue weighted by Gasteiger charge is -2.31. The maximum absolute atomic E-state index is 12.1. The molecule has 1 saturated heterocycles. The average Bonchev–Trinajstić information content (AvgIpc) is 2.89. The smallest absolute Gasteiger partial charge is 0.222 e. The number of rotatable bonds is 4. The molecule has 0 spiro atoms. The first-order valence-corrected chi connectivity index (χ1v) is 7.24. The molecule has 1 atom stereocenters. The van der Waals surface area contributed by atoms with Gasteiger partial charge in [-0.15, -0.1) is 0 Å². The van der Waals surface area contributed by atoms with Crippen molar-refractivity contribution in [2.24, 2.45) is 5.92 Å². The Labute approximate surface area is 105 Å². The van der Waals surface area contributed by atoms with Gasteiger partial charge in [-0.3, -0.25) is 4.79 Å². The second-order valence-electron chi connectivity index (χ2n) is 5.69. The summed E-state index contributed by atoms with van der Waals surface area (Å²) in [5.74, 6) is 1.10.